The summed E-state index contributed by atoms with van der Waals surface area (Å²) >= 11 is 0. The summed E-state index contributed by atoms with van der Waals surface area (Å²) in [6.07, 6.45) is 1.04. The third-order valence-corrected chi connectivity index (χ3v) is 5.04. The molecule has 1 fully saturated rings. The predicted octanol–water partition coefficient (Wildman–Crippen LogP) is 2.17. The van der Waals surface area contributed by atoms with Crippen LogP contribution in [0, 0.1) is 0 Å². The molecule has 0 bridgehead atoms. The van der Waals surface area contributed by atoms with E-state index in [9.17, 15) is 4.79 Å². The van der Waals surface area contributed by atoms with Crippen molar-refractivity contribution in [2.45, 2.75) is 13.0 Å². The van der Waals surface area contributed by atoms with Gasteiger partial charge < -0.3 is 15.0 Å². The Kier molecular flexibility index (Phi) is 7.25. The number of nitrogens with one attached hydrogen (secondary N) is 1. The first-order valence-electron chi connectivity index (χ1n) is 9.61. The van der Waals surface area contributed by atoms with Crippen molar-refractivity contribution in [3.8, 4) is 5.75 Å². The lowest BCUT2D eigenvalue weighted by Crippen LogP contribution is -2.49. The molecular weight excluding hydrogens is 338 g/mol. The fourth-order valence-electron chi connectivity index (χ4n) is 3.31. The van der Waals surface area contributed by atoms with E-state index in [4.69, 9.17) is 4.74 Å². The van der Waals surface area contributed by atoms with E-state index < -0.39 is 0 Å². The standard InChI is InChI=1S/C22H29N3O2/c1-27-21-9-7-19(8-10-21)11-12-24-13-15-25(16-14-24)18-22(26)23-17-20-5-3-2-4-6-20/h2-10H,11-18H2,1H3,(H,23,26). The molecule has 0 aliphatic carbocycles. The maximum absolute atomic E-state index is 12.2. The van der Waals surface area contributed by atoms with Crippen LogP contribution in [-0.4, -0.2) is 62.1 Å². The number of ether oxygens (including phenoxy) is 1. The van der Waals surface area contributed by atoms with E-state index in [1.54, 1.807) is 7.11 Å². The van der Waals surface area contributed by atoms with E-state index in [-0.39, 0.29) is 5.91 Å². The van der Waals surface area contributed by atoms with Crippen LogP contribution in [0.3, 0.4) is 0 Å². The summed E-state index contributed by atoms with van der Waals surface area (Å²) in [5.41, 5.74) is 2.47. The van der Waals surface area contributed by atoms with Crippen LogP contribution in [-0.2, 0) is 17.8 Å². The normalized spacial score (nSPS) is 15.4. The van der Waals surface area contributed by atoms with Crippen LogP contribution in [0.5, 0.6) is 5.75 Å². The second kappa shape index (κ2) is 10.1. The zero-order valence-electron chi connectivity index (χ0n) is 16.1. The van der Waals surface area contributed by atoms with Crippen molar-refractivity contribution in [2.24, 2.45) is 0 Å². The highest BCUT2D eigenvalue weighted by Gasteiger charge is 2.18. The van der Waals surface area contributed by atoms with E-state index >= 15 is 0 Å². The van der Waals surface area contributed by atoms with Gasteiger partial charge >= 0.3 is 0 Å². The lowest BCUT2D eigenvalue weighted by molar-refractivity contribution is -0.122. The van der Waals surface area contributed by atoms with Crippen LogP contribution < -0.4 is 10.1 Å². The van der Waals surface area contributed by atoms with Crippen LogP contribution in [0.2, 0.25) is 0 Å². The van der Waals surface area contributed by atoms with Gasteiger partial charge in [-0.25, -0.2) is 0 Å². The fraction of sp³-hybridized carbons (Fsp3) is 0.409. The highest BCUT2D eigenvalue weighted by molar-refractivity contribution is 5.78. The summed E-state index contributed by atoms with van der Waals surface area (Å²) in [5.74, 6) is 1.00. The van der Waals surface area contributed by atoms with Gasteiger partial charge in [-0.05, 0) is 29.7 Å². The lowest BCUT2D eigenvalue weighted by Gasteiger charge is -2.34. The van der Waals surface area contributed by atoms with Gasteiger partial charge in [0.1, 0.15) is 5.75 Å². The third-order valence-electron chi connectivity index (χ3n) is 5.04. The highest BCUT2D eigenvalue weighted by Crippen LogP contribution is 2.12. The Morgan fingerprint density at radius 2 is 1.59 bits per heavy atom. The van der Waals surface area contributed by atoms with E-state index in [2.05, 4.69) is 27.2 Å². The van der Waals surface area contributed by atoms with E-state index in [0.717, 1.165) is 50.5 Å². The van der Waals surface area contributed by atoms with Crippen LogP contribution in [0.4, 0.5) is 0 Å². The number of piperazine rings is 1. The first-order chi connectivity index (χ1) is 13.2. The van der Waals surface area contributed by atoms with Gasteiger partial charge in [-0.15, -0.1) is 0 Å². The molecule has 1 aliphatic heterocycles. The Labute approximate surface area is 161 Å². The number of hydrogen-bond acceptors (Lipinski definition) is 4. The van der Waals surface area contributed by atoms with Crippen molar-refractivity contribution in [1.82, 2.24) is 15.1 Å². The van der Waals surface area contributed by atoms with Gasteiger partial charge in [-0.1, -0.05) is 42.5 Å². The van der Waals surface area contributed by atoms with Gasteiger partial charge in [0.05, 0.1) is 13.7 Å². The Bertz CT molecular complexity index is 695. The van der Waals surface area contributed by atoms with Crippen LogP contribution >= 0.6 is 0 Å². The van der Waals surface area contributed by atoms with E-state index in [1.165, 1.54) is 5.56 Å². The maximum atomic E-state index is 12.2. The van der Waals surface area contributed by atoms with Gasteiger partial charge in [0.2, 0.25) is 5.91 Å². The summed E-state index contributed by atoms with van der Waals surface area (Å²) in [6.45, 7) is 6.06. The zero-order valence-corrected chi connectivity index (χ0v) is 16.1. The largest absolute Gasteiger partial charge is 0.497 e. The molecule has 2 aromatic carbocycles. The molecular formula is C22H29N3O2. The molecule has 5 nitrogen and oxygen atoms in total. The SMILES string of the molecule is COc1ccc(CCN2CCN(CC(=O)NCc3ccccc3)CC2)cc1. The smallest absolute Gasteiger partial charge is 0.234 e. The second-order valence-electron chi connectivity index (χ2n) is 6.98. The summed E-state index contributed by atoms with van der Waals surface area (Å²) in [5, 5.41) is 3.01. The number of methoxy groups -OCH3 is 1. The third kappa shape index (κ3) is 6.38. The van der Waals surface area contributed by atoms with E-state index in [0.29, 0.717) is 13.1 Å². The molecule has 0 saturated carbocycles. The maximum Gasteiger partial charge on any atom is 0.234 e. The van der Waals surface area contributed by atoms with Crippen molar-refractivity contribution in [2.75, 3.05) is 46.4 Å². The molecule has 5 heteroatoms. The molecule has 0 aromatic heterocycles. The molecule has 0 unspecified atom stereocenters. The molecule has 0 spiro atoms. The molecule has 1 saturated heterocycles. The van der Waals surface area contributed by atoms with Crippen LogP contribution in [0.25, 0.3) is 0 Å². The highest BCUT2D eigenvalue weighted by atomic mass is 16.5. The number of carbonyl (C=O) groups excluding carboxylic acids is 1. The average molecular weight is 367 g/mol. The molecule has 1 amide bonds. The molecule has 144 valence electrons. The number of carbonyl (C=O) groups is 1. The Balaban J connectivity index is 1.32. The van der Waals surface area contributed by atoms with Crippen molar-refractivity contribution in [1.29, 1.82) is 0 Å². The van der Waals surface area contributed by atoms with Gasteiger partial charge in [0.25, 0.3) is 0 Å². The molecule has 27 heavy (non-hydrogen) atoms. The molecule has 1 N–H and O–H groups in total. The lowest BCUT2D eigenvalue weighted by atomic mass is 10.1. The Morgan fingerprint density at radius 1 is 0.926 bits per heavy atom. The minimum atomic E-state index is 0.102. The molecule has 0 radical (unpaired) electrons. The van der Waals surface area contributed by atoms with Gasteiger partial charge in [-0.3, -0.25) is 9.69 Å². The molecule has 1 aliphatic rings. The first-order valence-corrected chi connectivity index (χ1v) is 9.61. The number of benzene rings is 2. The van der Waals surface area contributed by atoms with Crippen LogP contribution in [0.15, 0.2) is 54.6 Å². The van der Waals surface area contributed by atoms with Crippen LogP contribution in [0.1, 0.15) is 11.1 Å². The van der Waals surface area contributed by atoms with E-state index in [1.807, 2.05) is 42.5 Å². The average Bonchev–Trinajstić information content (AvgIpc) is 2.73. The molecule has 2 aromatic rings. The quantitative estimate of drug-likeness (QED) is 0.777. The number of rotatable bonds is 8. The minimum absolute atomic E-state index is 0.102. The number of hydrogen-bond donors (Lipinski definition) is 1. The summed E-state index contributed by atoms with van der Waals surface area (Å²) in [4.78, 5) is 16.9. The zero-order chi connectivity index (χ0) is 18.9. The van der Waals surface area contributed by atoms with Crippen molar-refractivity contribution in [3.05, 3.63) is 65.7 Å². The second-order valence-corrected chi connectivity index (χ2v) is 6.98. The summed E-state index contributed by atoms with van der Waals surface area (Å²) < 4.78 is 5.20. The topological polar surface area (TPSA) is 44.8 Å². The summed E-state index contributed by atoms with van der Waals surface area (Å²) in [7, 11) is 1.69. The van der Waals surface area contributed by atoms with Crippen molar-refractivity contribution in [3.63, 3.8) is 0 Å². The predicted molar refractivity (Wildman–Crippen MR) is 108 cm³/mol. The Hall–Kier alpha value is -2.37. The molecule has 0 atom stereocenters. The summed E-state index contributed by atoms with van der Waals surface area (Å²) in [6, 6.07) is 18.3. The fourth-order valence-corrected chi connectivity index (χ4v) is 3.31. The van der Waals surface area contributed by atoms with Crippen molar-refractivity contribution >= 4 is 5.91 Å². The first kappa shape index (κ1) is 19.4. The van der Waals surface area contributed by atoms with Gasteiger partial charge in [0, 0.05) is 39.3 Å². The van der Waals surface area contributed by atoms with Crippen molar-refractivity contribution < 1.29 is 9.53 Å². The minimum Gasteiger partial charge on any atom is -0.497 e. The van der Waals surface area contributed by atoms with Gasteiger partial charge in [0.15, 0.2) is 0 Å². The number of amides is 1. The molecule has 3 rings (SSSR count). The number of nitrogens with zero attached hydrogens (tertiary/aromatic N) is 2. The Morgan fingerprint density at radius 3 is 2.26 bits per heavy atom. The molecule has 1 heterocycles. The monoisotopic (exact) mass is 367 g/mol. The van der Waals surface area contributed by atoms with Gasteiger partial charge in [-0.2, -0.15) is 0 Å².